The van der Waals surface area contributed by atoms with Crippen LogP contribution in [-0.4, -0.2) is 17.3 Å². The van der Waals surface area contributed by atoms with E-state index in [9.17, 15) is 5.11 Å². The molecule has 0 saturated heterocycles. The van der Waals surface area contributed by atoms with E-state index in [-0.39, 0.29) is 6.04 Å². The summed E-state index contributed by atoms with van der Waals surface area (Å²) in [5.41, 5.74) is 6.24. The van der Waals surface area contributed by atoms with Gasteiger partial charge in [0.2, 0.25) is 0 Å². The molecule has 0 rings (SSSR count). The Kier molecular flexibility index (Phi) is 9.10. The van der Waals surface area contributed by atoms with E-state index in [1.54, 1.807) is 19.1 Å². The summed E-state index contributed by atoms with van der Waals surface area (Å²) in [5.74, 6) is 0. The third kappa shape index (κ3) is 4.73. The summed E-state index contributed by atoms with van der Waals surface area (Å²) in [7, 11) is 0. The summed E-state index contributed by atoms with van der Waals surface area (Å²) in [4.78, 5) is 0. The van der Waals surface area contributed by atoms with Crippen LogP contribution in [0.5, 0.6) is 0 Å². The van der Waals surface area contributed by atoms with Crippen molar-refractivity contribution in [2.24, 2.45) is 5.73 Å². The molecule has 0 heterocycles. The third-order valence-corrected chi connectivity index (χ3v) is 1.41. The molecule has 2 nitrogen and oxygen atoms in total. The number of hydrogen-bond donors (Lipinski definition) is 2. The van der Waals surface area contributed by atoms with Crippen molar-refractivity contribution in [1.82, 2.24) is 0 Å². The highest BCUT2D eigenvalue weighted by Crippen LogP contribution is 2.05. The van der Waals surface area contributed by atoms with Crippen molar-refractivity contribution in [2.75, 3.05) is 0 Å². The second kappa shape index (κ2) is 8.06. The number of allylic oxidation sites excluding steroid dienone is 1. The highest BCUT2D eigenvalue weighted by atomic mass is 16.3. The quantitative estimate of drug-likeness (QED) is 0.488. The summed E-state index contributed by atoms with van der Waals surface area (Å²) in [6, 6.07) is -0.232. The number of aliphatic hydroxyl groups excluding tert-OH is 1. The van der Waals surface area contributed by atoms with Crippen molar-refractivity contribution >= 4 is 0 Å². The van der Waals surface area contributed by atoms with Gasteiger partial charge in [0.1, 0.15) is 0 Å². The minimum absolute atomic E-state index is 0.232. The van der Waals surface area contributed by atoms with Crippen LogP contribution in [0.15, 0.2) is 24.3 Å². The lowest BCUT2D eigenvalue weighted by atomic mass is 10.0. The molecule has 2 unspecified atom stereocenters. The third-order valence-electron chi connectivity index (χ3n) is 1.41. The van der Waals surface area contributed by atoms with Gasteiger partial charge >= 0.3 is 0 Å². The van der Waals surface area contributed by atoms with Gasteiger partial charge in [-0.2, -0.15) is 0 Å². The van der Waals surface area contributed by atoms with Gasteiger partial charge in [-0.15, -0.1) is 12.8 Å². The van der Waals surface area contributed by atoms with Crippen molar-refractivity contribution < 1.29 is 5.11 Å². The SMILES string of the molecule is C#C.C=C/C(=C\C)C(O)C(C)N. The van der Waals surface area contributed by atoms with E-state index in [4.69, 9.17) is 5.73 Å². The van der Waals surface area contributed by atoms with Crippen molar-refractivity contribution in [3.05, 3.63) is 24.3 Å². The molecular formula is C10H17NO. The monoisotopic (exact) mass is 167 g/mol. The zero-order valence-corrected chi connectivity index (χ0v) is 7.70. The minimum atomic E-state index is -0.581. The average Bonchev–Trinajstić information content (AvgIpc) is 2.10. The van der Waals surface area contributed by atoms with Crippen LogP contribution in [0.3, 0.4) is 0 Å². The Balaban J connectivity index is 0. The van der Waals surface area contributed by atoms with E-state index in [1.165, 1.54) is 0 Å². The molecule has 0 bridgehead atoms. The van der Waals surface area contributed by atoms with Crippen LogP contribution in [0, 0.1) is 12.8 Å². The highest BCUT2D eigenvalue weighted by Gasteiger charge is 2.10. The zero-order chi connectivity index (χ0) is 10.1. The lowest BCUT2D eigenvalue weighted by molar-refractivity contribution is 0.190. The maximum absolute atomic E-state index is 9.32. The number of terminal acetylenes is 1. The van der Waals surface area contributed by atoms with Crippen LogP contribution >= 0.6 is 0 Å². The molecule has 0 aromatic heterocycles. The zero-order valence-electron chi connectivity index (χ0n) is 7.70. The van der Waals surface area contributed by atoms with Gasteiger partial charge in [0.25, 0.3) is 0 Å². The maximum atomic E-state index is 9.32. The van der Waals surface area contributed by atoms with Gasteiger partial charge < -0.3 is 10.8 Å². The Hall–Kier alpha value is -1.04. The molecule has 2 atom stereocenters. The van der Waals surface area contributed by atoms with Crippen molar-refractivity contribution in [1.29, 1.82) is 0 Å². The van der Waals surface area contributed by atoms with Crippen LogP contribution in [0.1, 0.15) is 13.8 Å². The van der Waals surface area contributed by atoms with E-state index in [0.29, 0.717) is 0 Å². The van der Waals surface area contributed by atoms with Crippen molar-refractivity contribution in [3.8, 4) is 12.8 Å². The Morgan fingerprint density at radius 3 is 2.08 bits per heavy atom. The Morgan fingerprint density at radius 2 is 2.00 bits per heavy atom. The van der Waals surface area contributed by atoms with E-state index in [2.05, 4.69) is 19.4 Å². The maximum Gasteiger partial charge on any atom is 0.0934 e. The molecule has 12 heavy (non-hydrogen) atoms. The van der Waals surface area contributed by atoms with Gasteiger partial charge in [-0.05, 0) is 19.4 Å². The molecule has 0 saturated carbocycles. The predicted molar refractivity (Wildman–Crippen MR) is 53.5 cm³/mol. The topological polar surface area (TPSA) is 46.2 Å². The number of rotatable bonds is 3. The van der Waals surface area contributed by atoms with Crippen molar-refractivity contribution in [3.63, 3.8) is 0 Å². The molecule has 0 aliphatic rings. The smallest absolute Gasteiger partial charge is 0.0934 e. The molecule has 0 spiro atoms. The second-order valence-electron chi connectivity index (χ2n) is 2.30. The molecule has 2 heteroatoms. The average molecular weight is 167 g/mol. The highest BCUT2D eigenvalue weighted by molar-refractivity contribution is 5.21. The molecule has 0 radical (unpaired) electrons. The Labute approximate surface area is 74.8 Å². The number of hydrogen-bond acceptors (Lipinski definition) is 2. The first-order valence-electron chi connectivity index (χ1n) is 3.69. The predicted octanol–water partition coefficient (Wildman–Crippen LogP) is 1.08. The van der Waals surface area contributed by atoms with Crippen LogP contribution in [0.4, 0.5) is 0 Å². The molecule has 0 aliphatic carbocycles. The fraction of sp³-hybridized carbons (Fsp3) is 0.400. The first-order valence-corrected chi connectivity index (χ1v) is 3.69. The normalized spacial score (nSPS) is 15.3. The molecule has 0 aliphatic heterocycles. The Bertz CT molecular complexity index is 168. The molecule has 0 aromatic carbocycles. The summed E-state index contributed by atoms with van der Waals surface area (Å²) < 4.78 is 0. The van der Waals surface area contributed by atoms with E-state index < -0.39 is 6.10 Å². The fourth-order valence-electron chi connectivity index (χ4n) is 0.713. The lowest BCUT2D eigenvalue weighted by Crippen LogP contribution is -2.32. The summed E-state index contributed by atoms with van der Waals surface area (Å²) in [6.45, 7) is 7.16. The van der Waals surface area contributed by atoms with Gasteiger partial charge in [-0.3, -0.25) is 0 Å². The summed E-state index contributed by atoms with van der Waals surface area (Å²) in [6.07, 6.45) is 10.8. The molecule has 68 valence electrons. The first-order chi connectivity index (χ1) is 5.63. The molecule has 0 aromatic rings. The number of aliphatic hydroxyl groups is 1. The molecular weight excluding hydrogens is 150 g/mol. The first kappa shape index (κ1) is 13.5. The van der Waals surface area contributed by atoms with Crippen LogP contribution in [-0.2, 0) is 0 Å². The summed E-state index contributed by atoms with van der Waals surface area (Å²) in [5, 5.41) is 9.32. The summed E-state index contributed by atoms with van der Waals surface area (Å²) >= 11 is 0. The van der Waals surface area contributed by atoms with Crippen LogP contribution in [0.25, 0.3) is 0 Å². The van der Waals surface area contributed by atoms with Gasteiger partial charge in [-0.1, -0.05) is 18.7 Å². The van der Waals surface area contributed by atoms with E-state index in [1.807, 2.05) is 6.92 Å². The second-order valence-corrected chi connectivity index (χ2v) is 2.30. The van der Waals surface area contributed by atoms with Crippen molar-refractivity contribution in [2.45, 2.75) is 26.0 Å². The fourth-order valence-corrected chi connectivity index (χ4v) is 0.713. The Morgan fingerprint density at radius 1 is 1.58 bits per heavy atom. The van der Waals surface area contributed by atoms with Crippen LogP contribution < -0.4 is 5.73 Å². The van der Waals surface area contributed by atoms with Gasteiger partial charge in [-0.25, -0.2) is 0 Å². The van der Waals surface area contributed by atoms with Gasteiger partial charge in [0.15, 0.2) is 0 Å². The van der Waals surface area contributed by atoms with E-state index in [0.717, 1.165) is 5.57 Å². The minimum Gasteiger partial charge on any atom is -0.387 e. The molecule has 3 N–H and O–H groups in total. The van der Waals surface area contributed by atoms with Gasteiger partial charge in [0.05, 0.1) is 6.10 Å². The largest absolute Gasteiger partial charge is 0.387 e. The molecule has 0 fully saturated rings. The lowest BCUT2D eigenvalue weighted by Gasteiger charge is -2.14. The van der Waals surface area contributed by atoms with Crippen LogP contribution in [0.2, 0.25) is 0 Å². The number of nitrogens with two attached hydrogens (primary N) is 1. The molecule has 0 amide bonds. The standard InChI is InChI=1S/C8H15NO.C2H2/c1-4-7(5-2)8(10)6(3)9;1-2/h4-6,8,10H,1,9H2,2-3H3;1-2H/b7-5+;. The van der Waals surface area contributed by atoms with E-state index >= 15 is 0 Å². The van der Waals surface area contributed by atoms with Gasteiger partial charge in [0, 0.05) is 6.04 Å².